The Morgan fingerprint density at radius 3 is 2.60 bits per heavy atom. The normalized spacial score (nSPS) is 19.2. The van der Waals surface area contributed by atoms with E-state index in [-0.39, 0.29) is 5.91 Å². The predicted octanol–water partition coefficient (Wildman–Crippen LogP) is 5.35. The largest absolute Gasteiger partial charge is 0.365 e. The summed E-state index contributed by atoms with van der Waals surface area (Å²) >= 11 is 1.76. The van der Waals surface area contributed by atoms with Crippen molar-refractivity contribution in [3.05, 3.63) is 70.0 Å². The molecule has 0 radical (unpaired) electrons. The second-order valence-corrected chi connectivity index (χ2v) is 9.44. The van der Waals surface area contributed by atoms with Crippen LogP contribution in [0.2, 0.25) is 0 Å². The van der Waals surface area contributed by atoms with Crippen LogP contribution in [0.1, 0.15) is 46.6 Å². The van der Waals surface area contributed by atoms with Gasteiger partial charge in [0.05, 0.1) is 10.7 Å². The molecule has 0 unspecified atom stereocenters. The fourth-order valence-corrected chi connectivity index (χ4v) is 5.24. The number of carbonyl (C=O) groups excluding carboxylic acids is 1. The molecule has 2 heterocycles. The van der Waals surface area contributed by atoms with E-state index in [0.717, 1.165) is 36.5 Å². The van der Waals surface area contributed by atoms with Crippen LogP contribution in [-0.2, 0) is 0 Å². The van der Waals surface area contributed by atoms with Crippen LogP contribution in [0.15, 0.2) is 53.9 Å². The molecule has 30 heavy (non-hydrogen) atoms. The Hall–Kier alpha value is -2.66. The molecule has 5 heteroatoms. The van der Waals surface area contributed by atoms with Crippen molar-refractivity contribution in [2.45, 2.75) is 38.6 Å². The molecule has 3 aromatic rings. The summed E-state index contributed by atoms with van der Waals surface area (Å²) in [5.41, 5.74) is 5.39. The van der Waals surface area contributed by atoms with E-state index in [9.17, 15) is 4.79 Å². The average molecular weight is 418 g/mol. The van der Waals surface area contributed by atoms with Gasteiger partial charge in [-0.05, 0) is 56.5 Å². The van der Waals surface area contributed by atoms with Crippen LogP contribution in [0, 0.1) is 6.92 Å². The molecule has 4 nitrogen and oxygen atoms in total. The first-order valence-electron chi connectivity index (χ1n) is 10.8. The van der Waals surface area contributed by atoms with Crippen molar-refractivity contribution in [3.8, 4) is 11.3 Å². The number of thiazole rings is 1. The van der Waals surface area contributed by atoms with E-state index in [1.54, 1.807) is 11.3 Å². The van der Waals surface area contributed by atoms with E-state index in [1.165, 1.54) is 29.1 Å². The topological polar surface area (TPSA) is 36.4 Å². The Labute approximate surface area is 182 Å². The lowest BCUT2D eigenvalue weighted by Gasteiger charge is -2.41. The number of amides is 1. The van der Waals surface area contributed by atoms with Gasteiger partial charge in [-0.1, -0.05) is 24.3 Å². The lowest BCUT2D eigenvalue weighted by atomic mass is 10.1. The predicted molar refractivity (Wildman–Crippen MR) is 123 cm³/mol. The van der Waals surface area contributed by atoms with Gasteiger partial charge >= 0.3 is 0 Å². The Morgan fingerprint density at radius 1 is 1.10 bits per heavy atom. The fourth-order valence-electron chi connectivity index (χ4n) is 4.24. The highest BCUT2D eigenvalue weighted by atomic mass is 32.1. The van der Waals surface area contributed by atoms with Crippen LogP contribution < -0.4 is 4.90 Å². The third-order valence-corrected chi connectivity index (χ3v) is 7.13. The van der Waals surface area contributed by atoms with Crippen molar-refractivity contribution in [2.75, 3.05) is 24.5 Å². The van der Waals surface area contributed by atoms with Crippen LogP contribution in [-0.4, -0.2) is 41.5 Å². The van der Waals surface area contributed by atoms with Crippen LogP contribution in [0.3, 0.4) is 0 Å². The number of piperazine rings is 1. The molecule has 1 atom stereocenters. The molecule has 2 fully saturated rings. The minimum atomic E-state index is 0.120. The first kappa shape index (κ1) is 19.3. The first-order valence-corrected chi connectivity index (χ1v) is 11.6. The summed E-state index contributed by atoms with van der Waals surface area (Å²) in [6.45, 7) is 6.67. The van der Waals surface area contributed by atoms with Crippen molar-refractivity contribution in [1.82, 2.24) is 9.88 Å². The number of rotatable bonds is 4. The van der Waals surface area contributed by atoms with E-state index in [4.69, 9.17) is 4.98 Å². The molecular weight excluding hydrogens is 390 g/mol. The van der Waals surface area contributed by atoms with E-state index in [2.05, 4.69) is 48.4 Å². The van der Waals surface area contributed by atoms with Crippen molar-refractivity contribution in [3.63, 3.8) is 0 Å². The number of hydrogen-bond donors (Lipinski definition) is 0. The van der Waals surface area contributed by atoms with Gasteiger partial charge < -0.3 is 9.80 Å². The molecule has 2 aliphatic rings. The third-order valence-electron chi connectivity index (χ3n) is 6.12. The van der Waals surface area contributed by atoms with Gasteiger partial charge in [-0.25, -0.2) is 4.98 Å². The summed E-state index contributed by atoms with van der Waals surface area (Å²) in [5.74, 6) is 0.805. The van der Waals surface area contributed by atoms with E-state index in [1.807, 2.05) is 29.2 Å². The zero-order valence-corrected chi connectivity index (χ0v) is 18.4. The van der Waals surface area contributed by atoms with Crippen molar-refractivity contribution in [2.24, 2.45) is 0 Å². The van der Waals surface area contributed by atoms with Gasteiger partial charge in [0.2, 0.25) is 0 Å². The number of carbonyl (C=O) groups is 1. The van der Waals surface area contributed by atoms with Crippen LogP contribution in [0.25, 0.3) is 11.3 Å². The Kier molecular flexibility index (Phi) is 5.07. The molecule has 1 amide bonds. The number of aromatic nitrogens is 1. The van der Waals surface area contributed by atoms with Crippen molar-refractivity contribution >= 4 is 22.9 Å². The number of hydrogen-bond acceptors (Lipinski definition) is 4. The molecule has 0 N–H and O–H groups in total. The summed E-state index contributed by atoms with van der Waals surface area (Å²) in [4.78, 5) is 22.3. The molecule has 0 bridgehead atoms. The summed E-state index contributed by atoms with van der Waals surface area (Å²) in [7, 11) is 0. The van der Waals surface area contributed by atoms with Crippen molar-refractivity contribution < 1.29 is 4.79 Å². The second-order valence-electron chi connectivity index (χ2n) is 8.56. The van der Waals surface area contributed by atoms with E-state index < -0.39 is 0 Å². The molecular formula is C25H27N3OS. The fraction of sp³-hybridized carbons (Fsp3) is 0.360. The number of nitrogens with zero attached hydrogens (tertiary/aromatic N) is 3. The minimum Gasteiger partial charge on any atom is -0.365 e. The Morgan fingerprint density at radius 2 is 1.90 bits per heavy atom. The highest BCUT2D eigenvalue weighted by Gasteiger charge is 2.28. The molecule has 1 aliphatic heterocycles. The molecule has 1 saturated heterocycles. The number of anilines is 1. The molecule has 1 aromatic heterocycles. The standard InChI is InChI=1S/C25H27N3OS/c1-17-4-3-5-22(14-17)28-13-12-27(15-18(28)2)25(29)21-10-6-19(7-11-21)23-16-30-24(26-23)20-8-9-20/h3-7,10-11,14,16,18,20H,8-9,12-13,15H2,1-2H3/t18-/m1/s1. The summed E-state index contributed by atoms with van der Waals surface area (Å²) in [6, 6.07) is 16.9. The second kappa shape index (κ2) is 7.88. The summed E-state index contributed by atoms with van der Waals surface area (Å²) in [5, 5.41) is 3.39. The SMILES string of the molecule is Cc1cccc(N2CCN(C(=O)c3ccc(-c4csc(C5CC5)n4)cc3)C[C@H]2C)c1. The van der Waals surface area contributed by atoms with Gasteiger partial charge in [0.25, 0.3) is 5.91 Å². The average Bonchev–Trinajstić information content (AvgIpc) is 3.50. The van der Waals surface area contributed by atoms with E-state index >= 15 is 0 Å². The van der Waals surface area contributed by atoms with Crippen molar-refractivity contribution in [1.29, 1.82) is 0 Å². The first-order chi connectivity index (χ1) is 14.6. The lowest BCUT2D eigenvalue weighted by molar-refractivity contribution is 0.0726. The van der Waals surface area contributed by atoms with Gasteiger partial charge in [-0.3, -0.25) is 4.79 Å². The summed E-state index contributed by atoms with van der Waals surface area (Å²) in [6.07, 6.45) is 2.55. The minimum absolute atomic E-state index is 0.120. The molecule has 2 aromatic carbocycles. The highest BCUT2D eigenvalue weighted by molar-refractivity contribution is 7.10. The molecule has 0 spiro atoms. The Bertz CT molecular complexity index is 1050. The molecule has 5 rings (SSSR count). The Balaban J connectivity index is 1.25. The maximum Gasteiger partial charge on any atom is 0.253 e. The smallest absolute Gasteiger partial charge is 0.253 e. The zero-order valence-electron chi connectivity index (χ0n) is 17.5. The quantitative estimate of drug-likeness (QED) is 0.574. The van der Waals surface area contributed by atoms with Gasteiger partial charge in [0, 0.05) is 53.8 Å². The maximum absolute atomic E-state index is 13.1. The van der Waals surface area contributed by atoms with E-state index in [0.29, 0.717) is 12.0 Å². The molecule has 1 aliphatic carbocycles. The zero-order chi connectivity index (χ0) is 20.7. The van der Waals surface area contributed by atoms with Crippen LogP contribution in [0.4, 0.5) is 5.69 Å². The van der Waals surface area contributed by atoms with Gasteiger partial charge in [-0.2, -0.15) is 0 Å². The highest BCUT2D eigenvalue weighted by Crippen LogP contribution is 2.42. The lowest BCUT2D eigenvalue weighted by Crippen LogP contribution is -2.53. The summed E-state index contributed by atoms with van der Waals surface area (Å²) < 4.78 is 0. The van der Waals surface area contributed by atoms with Gasteiger partial charge in [0.15, 0.2) is 0 Å². The molecule has 154 valence electrons. The van der Waals surface area contributed by atoms with Gasteiger partial charge in [-0.15, -0.1) is 11.3 Å². The van der Waals surface area contributed by atoms with Gasteiger partial charge in [0.1, 0.15) is 0 Å². The number of aryl methyl sites for hydroxylation is 1. The maximum atomic E-state index is 13.1. The molecule has 1 saturated carbocycles. The van der Waals surface area contributed by atoms with Crippen LogP contribution in [0.5, 0.6) is 0 Å². The van der Waals surface area contributed by atoms with Crippen LogP contribution >= 0.6 is 11.3 Å². The third kappa shape index (κ3) is 3.86. The number of benzene rings is 2. The monoisotopic (exact) mass is 417 g/mol.